The van der Waals surface area contributed by atoms with Gasteiger partial charge in [0.05, 0.1) is 11.0 Å². The van der Waals surface area contributed by atoms with Crippen molar-refractivity contribution in [1.82, 2.24) is 14.9 Å². The Kier molecular flexibility index (Phi) is 4.57. The van der Waals surface area contributed by atoms with Crippen molar-refractivity contribution in [2.45, 2.75) is 26.2 Å². The van der Waals surface area contributed by atoms with Gasteiger partial charge in [-0.2, -0.15) is 0 Å². The SMILES string of the molecule is Cc1ccccc1CCC(=O)N1CC=C(c2c[nH]c3cccnc23)CC1. The van der Waals surface area contributed by atoms with Crippen molar-refractivity contribution in [2.24, 2.45) is 0 Å². The quantitative estimate of drug-likeness (QED) is 0.773. The topological polar surface area (TPSA) is 49.0 Å². The first-order chi connectivity index (χ1) is 12.7. The molecule has 3 heterocycles. The summed E-state index contributed by atoms with van der Waals surface area (Å²) in [4.78, 5) is 22.3. The van der Waals surface area contributed by atoms with E-state index in [4.69, 9.17) is 0 Å². The summed E-state index contributed by atoms with van der Waals surface area (Å²) in [6.45, 7) is 3.56. The van der Waals surface area contributed by atoms with Crippen LogP contribution in [0.5, 0.6) is 0 Å². The van der Waals surface area contributed by atoms with Crippen molar-refractivity contribution in [3.8, 4) is 0 Å². The van der Waals surface area contributed by atoms with Crippen LogP contribution >= 0.6 is 0 Å². The van der Waals surface area contributed by atoms with E-state index < -0.39 is 0 Å². The summed E-state index contributed by atoms with van der Waals surface area (Å²) in [5.41, 5.74) is 7.02. The molecule has 0 bridgehead atoms. The van der Waals surface area contributed by atoms with Crippen LogP contribution in [0.2, 0.25) is 0 Å². The number of benzene rings is 1. The molecule has 1 aliphatic heterocycles. The maximum Gasteiger partial charge on any atom is 0.223 e. The summed E-state index contributed by atoms with van der Waals surface area (Å²) in [5.74, 6) is 0.237. The van der Waals surface area contributed by atoms with Crippen molar-refractivity contribution in [1.29, 1.82) is 0 Å². The van der Waals surface area contributed by atoms with Gasteiger partial charge in [-0.1, -0.05) is 30.3 Å². The van der Waals surface area contributed by atoms with Crippen molar-refractivity contribution in [2.75, 3.05) is 13.1 Å². The second kappa shape index (κ2) is 7.16. The molecule has 0 radical (unpaired) electrons. The number of aryl methyl sites for hydroxylation is 2. The van der Waals surface area contributed by atoms with Gasteiger partial charge in [-0.15, -0.1) is 0 Å². The summed E-state index contributed by atoms with van der Waals surface area (Å²) in [6, 6.07) is 12.3. The fraction of sp³-hybridized carbons (Fsp3) is 0.273. The van der Waals surface area contributed by atoms with Gasteiger partial charge in [0.15, 0.2) is 0 Å². The van der Waals surface area contributed by atoms with Crippen LogP contribution in [0.15, 0.2) is 54.9 Å². The van der Waals surface area contributed by atoms with Crippen LogP contribution < -0.4 is 0 Å². The molecule has 0 saturated carbocycles. The Balaban J connectivity index is 1.41. The molecule has 0 unspecified atom stereocenters. The number of pyridine rings is 1. The summed E-state index contributed by atoms with van der Waals surface area (Å²) in [6.07, 6.45) is 8.28. The number of fused-ring (bicyclic) bond motifs is 1. The minimum atomic E-state index is 0.237. The second-order valence-electron chi connectivity index (χ2n) is 6.85. The van der Waals surface area contributed by atoms with Crippen LogP contribution in [0.1, 0.15) is 29.5 Å². The van der Waals surface area contributed by atoms with Gasteiger partial charge in [0.1, 0.15) is 0 Å². The molecule has 0 aliphatic carbocycles. The van der Waals surface area contributed by atoms with Crippen LogP contribution in [-0.4, -0.2) is 33.9 Å². The van der Waals surface area contributed by atoms with Gasteiger partial charge in [-0.05, 0) is 48.6 Å². The highest BCUT2D eigenvalue weighted by Gasteiger charge is 2.19. The maximum absolute atomic E-state index is 12.6. The number of hydrogen-bond donors (Lipinski definition) is 1. The summed E-state index contributed by atoms with van der Waals surface area (Å²) in [5, 5.41) is 0. The minimum Gasteiger partial charge on any atom is -0.359 e. The Morgan fingerprint density at radius 3 is 2.92 bits per heavy atom. The van der Waals surface area contributed by atoms with Gasteiger partial charge in [-0.3, -0.25) is 9.78 Å². The summed E-state index contributed by atoms with van der Waals surface area (Å²) >= 11 is 0. The normalized spacial score (nSPS) is 14.5. The zero-order valence-corrected chi connectivity index (χ0v) is 15.0. The standard InChI is InChI=1S/C22H23N3O/c1-16-5-2-3-6-17(16)8-9-21(26)25-13-10-18(11-14-25)19-15-24-20-7-4-12-23-22(19)20/h2-7,10,12,15,24H,8-9,11,13-14H2,1H3. The smallest absolute Gasteiger partial charge is 0.223 e. The maximum atomic E-state index is 12.6. The molecular weight excluding hydrogens is 322 g/mol. The highest BCUT2D eigenvalue weighted by atomic mass is 16.2. The molecule has 0 spiro atoms. The van der Waals surface area contributed by atoms with Crippen molar-refractivity contribution in [3.05, 3.63) is 71.6 Å². The number of nitrogens with one attached hydrogen (secondary N) is 1. The van der Waals surface area contributed by atoms with Crippen LogP contribution in [0, 0.1) is 6.92 Å². The predicted molar refractivity (Wildman–Crippen MR) is 105 cm³/mol. The number of aromatic nitrogens is 2. The lowest BCUT2D eigenvalue weighted by molar-refractivity contribution is -0.130. The van der Waals surface area contributed by atoms with Crippen molar-refractivity contribution < 1.29 is 4.79 Å². The third kappa shape index (κ3) is 3.27. The first kappa shape index (κ1) is 16.6. The van der Waals surface area contributed by atoms with Crippen LogP contribution in [0.4, 0.5) is 0 Å². The average Bonchev–Trinajstić information content (AvgIpc) is 3.11. The monoisotopic (exact) mass is 345 g/mol. The molecule has 4 rings (SSSR count). The van der Waals surface area contributed by atoms with E-state index in [1.165, 1.54) is 16.7 Å². The predicted octanol–water partition coefficient (Wildman–Crippen LogP) is 4.12. The first-order valence-corrected chi connectivity index (χ1v) is 9.16. The number of hydrogen-bond acceptors (Lipinski definition) is 2. The zero-order valence-electron chi connectivity index (χ0n) is 15.0. The van der Waals surface area contributed by atoms with E-state index in [-0.39, 0.29) is 5.91 Å². The third-order valence-corrected chi connectivity index (χ3v) is 5.21. The minimum absolute atomic E-state index is 0.237. The fourth-order valence-electron chi connectivity index (χ4n) is 3.63. The Hall–Kier alpha value is -2.88. The largest absolute Gasteiger partial charge is 0.359 e. The lowest BCUT2D eigenvalue weighted by Gasteiger charge is -2.26. The number of amides is 1. The van der Waals surface area contributed by atoms with Gasteiger partial charge in [-0.25, -0.2) is 0 Å². The number of nitrogens with zero attached hydrogens (tertiary/aromatic N) is 2. The molecule has 4 nitrogen and oxygen atoms in total. The zero-order chi connectivity index (χ0) is 17.9. The first-order valence-electron chi connectivity index (χ1n) is 9.16. The van der Waals surface area contributed by atoms with E-state index in [0.29, 0.717) is 13.0 Å². The van der Waals surface area contributed by atoms with E-state index in [0.717, 1.165) is 36.0 Å². The molecule has 1 aromatic carbocycles. The Bertz CT molecular complexity index is 970. The number of carbonyl (C=O) groups excluding carboxylic acids is 1. The lowest BCUT2D eigenvalue weighted by Crippen LogP contribution is -2.34. The number of H-pyrrole nitrogens is 1. The Morgan fingerprint density at radius 1 is 1.23 bits per heavy atom. The molecule has 1 amide bonds. The van der Waals surface area contributed by atoms with Gasteiger partial charge >= 0.3 is 0 Å². The molecule has 2 aromatic heterocycles. The molecule has 1 N–H and O–H groups in total. The molecule has 0 saturated heterocycles. The molecule has 1 aliphatic rings. The Morgan fingerprint density at radius 2 is 2.12 bits per heavy atom. The van der Waals surface area contributed by atoms with Gasteiger partial charge in [0.2, 0.25) is 5.91 Å². The third-order valence-electron chi connectivity index (χ3n) is 5.21. The fourth-order valence-corrected chi connectivity index (χ4v) is 3.63. The molecule has 132 valence electrons. The van der Waals surface area contributed by atoms with Crippen LogP contribution in [-0.2, 0) is 11.2 Å². The molecule has 0 fully saturated rings. The van der Waals surface area contributed by atoms with Crippen molar-refractivity contribution >= 4 is 22.5 Å². The van der Waals surface area contributed by atoms with Crippen molar-refractivity contribution in [3.63, 3.8) is 0 Å². The van der Waals surface area contributed by atoms with E-state index in [2.05, 4.69) is 35.1 Å². The van der Waals surface area contributed by atoms with E-state index in [1.54, 1.807) is 0 Å². The molecule has 4 heteroatoms. The Labute approximate surface area is 153 Å². The lowest BCUT2D eigenvalue weighted by atomic mass is 10.00. The summed E-state index contributed by atoms with van der Waals surface area (Å²) in [7, 11) is 0. The molecule has 26 heavy (non-hydrogen) atoms. The van der Waals surface area contributed by atoms with E-state index in [9.17, 15) is 4.79 Å². The van der Waals surface area contributed by atoms with E-state index >= 15 is 0 Å². The van der Waals surface area contributed by atoms with Gasteiger partial charge in [0.25, 0.3) is 0 Å². The molecule has 3 aromatic rings. The molecular formula is C22H23N3O. The summed E-state index contributed by atoms with van der Waals surface area (Å²) < 4.78 is 0. The van der Waals surface area contributed by atoms with E-state index in [1.807, 2.05) is 41.6 Å². The highest BCUT2D eigenvalue weighted by molar-refractivity contribution is 5.90. The average molecular weight is 345 g/mol. The van der Waals surface area contributed by atoms with Crippen LogP contribution in [0.3, 0.4) is 0 Å². The number of rotatable bonds is 4. The number of carbonyl (C=O) groups is 1. The van der Waals surface area contributed by atoms with Crippen LogP contribution in [0.25, 0.3) is 16.6 Å². The second-order valence-corrected chi connectivity index (χ2v) is 6.85. The molecule has 0 atom stereocenters. The highest BCUT2D eigenvalue weighted by Crippen LogP contribution is 2.28. The van der Waals surface area contributed by atoms with Gasteiger partial charge < -0.3 is 9.88 Å². The van der Waals surface area contributed by atoms with Gasteiger partial charge in [0, 0.05) is 37.5 Å². The number of aromatic amines is 1.